The van der Waals surface area contributed by atoms with Crippen LogP contribution in [0.5, 0.6) is 5.75 Å². The van der Waals surface area contributed by atoms with E-state index in [9.17, 15) is 9.18 Å². The monoisotopic (exact) mass is 244 g/mol. The van der Waals surface area contributed by atoms with Crippen LogP contribution in [0.1, 0.15) is 15.9 Å². The number of carbonyl (C=O) groups excluding carboxylic acids is 1. The Morgan fingerprint density at radius 2 is 1.89 bits per heavy atom. The highest BCUT2D eigenvalue weighted by Gasteiger charge is 2.06. The van der Waals surface area contributed by atoms with Crippen LogP contribution in [-0.2, 0) is 0 Å². The van der Waals surface area contributed by atoms with Crippen molar-refractivity contribution in [1.29, 1.82) is 0 Å². The molecule has 2 aromatic carbocycles. The summed E-state index contributed by atoms with van der Waals surface area (Å²) >= 11 is 0. The zero-order valence-electron chi connectivity index (χ0n) is 10.0. The van der Waals surface area contributed by atoms with E-state index in [2.05, 4.69) is 0 Å². The molecule has 0 fully saturated rings. The lowest BCUT2D eigenvalue weighted by molar-refractivity contribution is 0.0921. The first-order chi connectivity index (χ1) is 8.65. The van der Waals surface area contributed by atoms with E-state index in [1.54, 1.807) is 6.07 Å². The lowest BCUT2D eigenvalue weighted by atomic mass is 10.1. The molecule has 0 aromatic heterocycles. The molecule has 0 aliphatic heterocycles. The fourth-order valence-corrected chi connectivity index (χ4v) is 1.57. The highest BCUT2D eigenvalue weighted by molar-refractivity contribution is 5.97. The van der Waals surface area contributed by atoms with Crippen molar-refractivity contribution in [2.75, 3.05) is 6.61 Å². The van der Waals surface area contributed by atoms with Crippen LogP contribution in [0, 0.1) is 12.7 Å². The smallest absolute Gasteiger partial charge is 0.200 e. The largest absolute Gasteiger partial charge is 0.485 e. The van der Waals surface area contributed by atoms with E-state index >= 15 is 0 Å². The number of rotatable bonds is 4. The second-order valence-electron chi connectivity index (χ2n) is 4.04. The molecule has 0 spiro atoms. The van der Waals surface area contributed by atoms with Crippen molar-refractivity contribution >= 4 is 5.78 Å². The molecule has 0 aliphatic rings. The van der Waals surface area contributed by atoms with E-state index in [-0.39, 0.29) is 18.2 Å². The van der Waals surface area contributed by atoms with Crippen LogP contribution in [0.3, 0.4) is 0 Å². The first kappa shape index (κ1) is 12.3. The van der Waals surface area contributed by atoms with Crippen LogP contribution in [0.2, 0.25) is 0 Å². The third kappa shape index (κ3) is 3.17. The van der Waals surface area contributed by atoms with Gasteiger partial charge in [-0.25, -0.2) is 4.39 Å². The van der Waals surface area contributed by atoms with Gasteiger partial charge in [-0.05, 0) is 48.9 Å². The fourth-order valence-electron chi connectivity index (χ4n) is 1.57. The summed E-state index contributed by atoms with van der Waals surface area (Å²) in [4.78, 5) is 11.8. The number of hydrogen-bond acceptors (Lipinski definition) is 2. The number of carbonyl (C=O) groups is 1. The van der Waals surface area contributed by atoms with Crippen LogP contribution >= 0.6 is 0 Å². The Bertz CT molecular complexity index is 547. The Hall–Kier alpha value is -2.16. The molecule has 0 N–H and O–H groups in total. The number of ketones is 1. The maximum absolute atomic E-state index is 12.7. The van der Waals surface area contributed by atoms with E-state index in [4.69, 9.17) is 4.74 Å². The van der Waals surface area contributed by atoms with Crippen LogP contribution < -0.4 is 4.74 Å². The molecule has 2 aromatic rings. The predicted octanol–water partition coefficient (Wildman–Crippen LogP) is 3.40. The average molecular weight is 244 g/mol. The summed E-state index contributed by atoms with van der Waals surface area (Å²) in [7, 11) is 0. The number of benzene rings is 2. The third-order valence-corrected chi connectivity index (χ3v) is 2.53. The van der Waals surface area contributed by atoms with Gasteiger partial charge in [0.1, 0.15) is 11.6 Å². The average Bonchev–Trinajstić information content (AvgIpc) is 2.37. The number of ether oxygens (including phenoxy) is 1. The fraction of sp³-hybridized carbons (Fsp3) is 0.133. The van der Waals surface area contributed by atoms with Crippen molar-refractivity contribution in [2.45, 2.75) is 6.92 Å². The second kappa shape index (κ2) is 5.45. The molecule has 18 heavy (non-hydrogen) atoms. The van der Waals surface area contributed by atoms with Gasteiger partial charge < -0.3 is 4.74 Å². The summed E-state index contributed by atoms with van der Waals surface area (Å²) in [5.74, 6) is 0.133. The molecule has 92 valence electrons. The molecule has 0 saturated heterocycles. The van der Waals surface area contributed by atoms with Crippen molar-refractivity contribution in [1.82, 2.24) is 0 Å². The van der Waals surface area contributed by atoms with Gasteiger partial charge in [-0.1, -0.05) is 12.1 Å². The maximum atomic E-state index is 12.7. The van der Waals surface area contributed by atoms with Gasteiger partial charge in [-0.15, -0.1) is 0 Å². The molecule has 3 heteroatoms. The van der Waals surface area contributed by atoms with Crippen LogP contribution in [-0.4, -0.2) is 12.4 Å². The van der Waals surface area contributed by atoms with E-state index in [0.717, 1.165) is 5.56 Å². The van der Waals surface area contributed by atoms with Gasteiger partial charge in [0.05, 0.1) is 0 Å². The first-order valence-electron chi connectivity index (χ1n) is 5.63. The van der Waals surface area contributed by atoms with Crippen molar-refractivity contribution in [3.05, 3.63) is 65.5 Å². The SMILES string of the molecule is Cc1cccc(OCC(=O)c2ccc(F)cc2)c1. The minimum atomic E-state index is -0.355. The molecule has 0 saturated carbocycles. The van der Waals surface area contributed by atoms with Gasteiger partial charge in [0, 0.05) is 5.56 Å². The van der Waals surface area contributed by atoms with Gasteiger partial charge in [0.2, 0.25) is 0 Å². The van der Waals surface area contributed by atoms with Gasteiger partial charge in [0.25, 0.3) is 0 Å². The summed E-state index contributed by atoms with van der Waals surface area (Å²) in [6.07, 6.45) is 0. The minimum absolute atomic E-state index is 0.0465. The topological polar surface area (TPSA) is 26.3 Å². The molecule has 2 rings (SSSR count). The third-order valence-electron chi connectivity index (χ3n) is 2.53. The summed E-state index contributed by atoms with van der Waals surface area (Å²) < 4.78 is 18.1. The van der Waals surface area contributed by atoms with Gasteiger partial charge in [-0.3, -0.25) is 4.79 Å². The Morgan fingerprint density at radius 1 is 1.17 bits per heavy atom. The maximum Gasteiger partial charge on any atom is 0.200 e. The highest BCUT2D eigenvalue weighted by Crippen LogP contribution is 2.13. The van der Waals surface area contributed by atoms with E-state index < -0.39 is 0 Å². The molecule has 0 unspecified atom stereocenters. The van der Waals surface area contributed by atoms with Crippen molar-refractivity contribution in [3.8, 4) is 5.75 Å². The molecule has 0 aliphatic carbocycles. The molecule has 0 heterocycles. The van der Waals surface area contributed by atoms with E-state index in [1.165, 1.54) is 24.3 Å². The summed E-state index contributed by atoms with van der Waals surface area (Å²) in [6.45, 7) is 1.91. The van der Waals surface area contributed by atoms with Crippen LogP contribution in [0.25, 0.3) is 0 Å². The Kier molecular flexibility index (Phi) is 3.72. The quantitative estimate of drug-likeness (QED) is 0.770. The molecular formula is C15H13FO2. The van der Waals surface area contributed by atoms with Crippen molar-refractivity contribution in [2.24, 2.45) is 0 Å². The number of halogens is 1. The van der Waals surface area contributed by atoms with Gasteiger partial charge >= 0.3 is 0 Å². The van der Waals surface area contributed by atoms with Crippen molar-refractivity contribution in [3.63, 3.8) is 0 Å². The minimum Gasteiger partial charge on any atom is -0.485 e. The zero-order valence-corrected chi connectivity index (χ0v) is 10.0. The molecule has 0 amide bonds. The first-order valence-corrected chi connectivity index (χ1v) is 5.63. The lowest BCUT2D eigenvalue weighted by Gasteiger charge is -2.06. The van der Waals surface area contributed by atoms with Gasteiger partial charge in [-0.2, -0.15) is 0 Å². The highest BCUT2D eigenvalue weighted by atomic mass is 19.1. The standard InChI is InChI=1S/C15H13FO2/c1-11-3-2-4-14(9-11)18-10-15(17)12-5-7-13(16)8-6-12/h2-9H,10H2,1H3. The lowest BCUT2D eigenvalue weighted by Crippen LogP contribution is -2.11. The predicted molar refractivity (Wildman–Crippen MR) is 67.4 cm³/mol. The molecule has 0 bridgehead atoms. The van der Waals surface area contributed by atoms with E-state index in [0.29, 0.717) is 11.3 Å². The summed E-state index contributed by atoms with van der Waals surface area (Å²) in [6, 6.07) is 12.9. The summed E-state index contributed by atoms with van der Waals surface area (Å²) in [5, 5.41) is 0. The Labute approximate surface area is 105 Å². The second-order valence-corrected chi connectivity index (χ2v) is 4.04. The molecule has 2 nitrogen and oxygen atoms in total. The zero-order chi connectivity index (χ0) is 13.0. The Morgan fingerprint density at radius 3 is 2.56 bits per heavy atom. The normalized spacial score (nSPS) is 10.1. The van der Waals surface area contributed by atoms with Gasteiger partial charge in [0.15, 0.2) is 12.4 Å². The number of aryl methyl sites for hydroxylation is 1. The van der Waals surface area contributed by atoms with E-state index in [1.807, 2.05) is 25.1 Å². The molecular weight excluding hydrogens is 231 g/mol. The number of hydrogen-bond donors (Lipinski definition) is 0. The van der Waals surface area contributed by atoms with Crippen LogP contribution in [0.4, 0.5) is 4.39 Å². The Balaban J connectivity index is 1.98. The summed E-state index contributed by atoms with van der Waals surface area (Å²) in [5.41, 5.74) is 1.52. The van der Waals surface area contributed by atoms with Crippen molar-refractivity contribution < 1.29 is 13.9 Å². The van der Waals surface area contributed by atoms with Crippen LogP contribution in [0.15, 0.2) is 48.5 Å². The molecule has 0 atom stereocenters. The molecule has 0 radical (unpaired) electrons. The number of Topliss-reactive ketones (excluding diaryl/α,β-unsaturated/α-hetero) is 1.